The third-order valence-electron chi connectivity index (χ3n) is 4.87. The van der Waals surface area contributed by atoms with Crippen molar-refractivity contribution in [2.45, 2.75) is 52.7 Å². The second-order valence-electron chi connectivity index (χ2n) is 9.68. The van der Waals surface area contributed by atoms with E-state index in [0.717, 1.165) is 11.1 Å². The zero-order valence-corrected chi connectivity index (χ0v) is 21.1. The molecule has 0 saturated heterocycles. The van der Waals surface area contributed by atoms with Crippen molar-refractivity contribution in [1.29, 1.82) is 0 Å². The van der Waals surface area contributed by atoms with Crippen molar-refractivity contribution >= 4 is 12.2 Å². The van der Waals surface area contributed by atoms with Crippen LogP contribution in [0, 0.1) is 5.92 Å². The third kappa shape index (κ3) is 8.00. The van der Waals surface area contributed by atoms with Gasteiger partial charge in [0.05, 0.1) is 17.8 Å². The number of nitrogens with one attached hydrogen (secondary N) is 1. The minimum absolute atomic E-state index is 0.0892. The second kappa shape index (κ2) is 11.6. The zero-order chi connectivity index (χ0) is 26.3. The Morgan fingerprint density at radius 2 is 1.83 bits per heavy atom. The summed E-state index contributed by atoms with van der Waals surface area (Å²) in [6, 6.07) is 10.4. The highest BCUT2D eigenvalue weighted by molar-refractivity contribution is 5.76. The van der Waals surface area contributed by atoms with Crippen molar-refractivity contribution < 1.29 is 28.3 Å². The number of nitrogens with zero attached hydrogens (tertiary/aromatic N) is 2. The minimum atomic E-state index is -0.943. The molecule has 0 spiro atoms. The van der Waals surface area contributed by atoms with Gasteiger partial charge in [0.1, 0.15) is 18.0 Å². The number of hydrogen-bond donors (Lipinski definition) is 2. The Morgan fingerprint density at radius 3 is 2.47 bits per heavy atom. The van der Waals surface area contributed by atoms with E-state index in [0.29, 0.717) is 29.4 Å². The van der Waals surface area contributed by atoms with Gasteiger partial charge in [0.2, 0.25) is 5.88 Å². The predicted molar refractivity (Wildman–Crippen MR) is 133 cm³/mol. The van der Waals surface area contributed by atoms with E-state index in [9.17, 15) is 9.59 Å². The number of alkyl carbamates (subject to hydrolysis) is 1. The first kappa shape index (κ1) is 26.5. The molecule has 3 N–H and O–H groups in total. The largest absolute Gasteiger partial charge is 0.491 e. The van der Waals surface area contributed by atoms with Crippen molar-refractivity contribution in [3.63, 3.8) is 0 Å². The van der Waals surface area contributed by atoms with Crippen molar-refractivity contribution in [3.05, 3.63) is 48.8 Å². The number of amides is 2. The third-order valence-corrected chi connectivity index (χ3v) is 4.87. The lowest BCUT2D eigenvalue weighted by Crippen LogP contribution is -2.42. The van der Waals surface area contributed by atoms with Crippen molar-refractivity contribution in [2.24, 2.45) is 11.7 Å². The van der Waals surface area contributed by atoms with E-state index in [4.69, 9.17) is 24.5 Å². The SMILES string of the molecule is CC(C)CC(COc1ccc(-c2ccnc(OC(N)=O)c2)cc1-c1ccno1)NC(=O)OC(C)(C)C. The average Bonchev–Trinajstić information content (AvgIpc) is 3.30. The zero-order valence-electron chi connectivity index (χ0n) is 21.1. The molecule has 2 aromatic heterocycles. The van der Waals surface area contributed by atoms with Crippen LogP contribution in [-0.2, 0) is 4.74 Å². The van der Waals surface area contributed by atoms with Crippen LogP contribution in [0.15, 0.2) is 53.3 Å². The number of rotatable bonds is 9. The lowest BCUT2D eigenvalue weighted by molar-refractivity contribution is 0.0480. The molecule has 10 heteroatoms. The van der Waals surface area contributed by atoms with E-state index in [2.05, 4.69) is 29.3 Å². The number of carbonyl (C=O) groups excluding carboxylic acids is 2. The van der Waals surface area contributed by atoms with Gasteiger partial charge in [-0.05, 0) is 62.4 Å². The molecule has 2 amide bonds. The number of hydrogen-bond acceptors (Lipinski definition) is 8. The van der Waals surface area contributed by atoms with E-state index in [1.807, 2.05) is 39.0 Å². The summed E-state index contributed by atoms with van der Waals surface area (Å²) in [5.74, 6) is 1.48. The van der Waals surface area contributed by atoms with Crippen molar-refractivity contribution in [2.75, 3.05) is 6.61 Å². The van der Waals surface area contributed by atoms with Crippen LogP contribution in [0.5, 0.6) is 11.6 Å². The van der Waals surface area contributed by atoms with E-state index in [-0.39, 0.29) is 18.5 Å². The highest BCUT2D eigenvalue weighted by Crippen LogP contribution is 2.35. The van der Waals surface area contributed by atoms with Crippen LogP contribution >= 0.6 is 0 Å². The molecule has 0 aliphatic heterocycles. The van der Waals surface area contributed by atoms with Gasteiger partial charge in [-0.25, -0.2) is 14.6 Å². The molecule has 36 heavy (non-hydrogen) atoms. The summed E-state index contributed by atoms with van der Waals surface area (Å²) >= 11 is 0. The number of pyridine rings is 1. The van der Waals surface area contributed by atoms with Gasteiger partial charge in [-0.2, -0.15) is 0 Å². The Kier molecular flexibility index (Phi) is 8.52. The van der Waals surface area contributed by atoms with Crippen LogP contribution < -0.4 is 20.5 Å². The van der Waals surface area contributed by atoms with Gasteiger partial charge in [-0.1, -0.05) is 25.1 Å². The fourth-order valence-corrected chi connectivity index (χ4v) is 3.53. The summed E-state index contributed by atoms with van der Waals surface area (Å²) in [5.41, 5.74) is 6.72. The Morgan fingerprint density at radius 1 is 1.08 bits per heavy atom. The summed E-state index contributed by atoms with van der Waals surface area (Å²) < 4.78 is 21.9. The molecule has 1 atom stereocenters. The number of nitrogens with two attached hydrogens (primary N) is 1. The highest BCUT2D eigenvalue weighted by Gasteiger charge is 2.22. The molecule has 0 bridgehead atoms. The molecule has 1 unspecified atom stereocenters. The molecule has 1 aromatic carbocycles. The Hall–Kier alpha value is -4.08. The lowest BCUT2D eigenvalue weighted by atomic mass is 10.0. The first-order valence-electron chi connectivity index (χ1n) is 11.6. The second-order valence-corrected chi connectivity index (χ2v) is 9.68. The average molecular weight is 497 g/mol. The molecular formula is C26H32N4O6. The Bertz CT molecular complexity index is 1170. The maximum atomic E-state index is 12.4. The van der Waals surface area contributed by atoms with Gasteiger partial charge in [-0.15, -0.1) is 0 Å². The predicted octanol–water partition coefficient (Wildman–Crippen LogP) is 5.18. The Balaban J connectivity index is 1.84. The first-order valence-corrected chi connectivity index (χ1v) is 11.6. The van der Waals surface area contributed by atoms with Gasteiger partial charge in [0, 0.05) is 18.3 Å². The molecule has 0 aliphatic carbocycles. The topological polar surface area (TPSA) is 139 Å². The normalized spacial score (nSPS) is 12.2. The fraction of sp³-hybridized carbons (Fsp3) is 0.385. The summed E-state index contributed by atoms with van der Waals surface area (Å²) in [6.45, 7) is 9.82. The number of ether oxygens (including phenoxy) is 3. The van der Waals surface area contributed by atoms with Crippen LogP contribution in [0.3, 0.4) is 0 Å². The smallest absolute Gasteiger partial charge is 0.411 e. The number of primary amides is 1. The van der Waals surface area contributed by atoms with Crippen LogP contribution in [0.1, 0.15) is 41.0 Å². The van der Waals surface area contributed by atoms with Crippen LogP contribution in [0.25, 0.3) is 22.5 Å². The van der Waals surface area contributed by atoms with E-state index in [1.54, 1.807) is 24.4 Å². The maximum Gasteiger partial charge on any atom is 0.411 e. The maximum absolute atomic E-state index is 12.4. The van der Waals surface area contributed by atoms with Crippen molar-refractivity contribution in [1.82, 2.24) is 15.5 Å². The molecule has 0 aliphatic rings. The molecule has 10 nitrogen and oxygen atoms in total. The van der Waals surface area contributed by atoms with E-state index >= 15 is 0 Å². The minimum Gasteiger partial charge on any atom is -0.491 e. The molecule has 192 valence electrons. The summed E-state index contributed by atoms with van der Waals surface area (Å²) in [7, 11) is 0. The number of aromatic nitrogens is 2. The molecule has 0 fully saturated rings. The number of benzene rings is 1. The molecular weight excluding hydrogens is 464 g/mol. The van der Waals surface area contributed by atoms with Crippen LogP contribution in [-0.4, -0.2) is 40.6 Å². The summed E-state index contributed by atoms with van der Waals surface area (Å²) in [5, 5.41) is 6.72. The van der Waals surface area contributed by atoms with Crippen molar-refractivity contribution in [3.8, 4) is 34.1 Å². The summed E-state index contributed by atoms with van der Waals surface area (Å²) in [4.78, 5) is 27.4. The fourth-order valence-electron chi connectivity index (χ4n) is 3.53. The van der Waals surface area contributed by atoms with Crippen LogP contribution in [0.2, 0.25) is 0 Å². The quantitative estimate of drug-likeness (QED) is 0.413. The highest BCUT2D eigenvalue weighted by atomic mass is 16.6. The lowest BCUT2D eigenvalue weighted by Gasteiger charge is -2.25. The van der Waals surface area contributed by atoms with Gasteiger partial charge < -0.3 is 29.8 Å². The molecule has 3 aromatic rings. The molecule has 3 rings (SSSR count). The van der Waals surface area contributed by atoms with E-state index in [1.165, 1.54) is 6.20 Å². The standard InChI is InChI=1S/C26H32N4O6/c1-16(2)12-19(30-25(32)35-26(3,4)5)15-33-21-7-6-17(13-20(21)22-9-11-29-36-22)18-8-10-28-23(14-18)34-24(27)31/h6-11,13-14,16,19H,12,15H2,1-5H3,(H2,27,31)(H,30,32). The van der Waals surface area contributed by atoms with Gasteiger partial charge in [0.15, 0.2) is 5.76 Å². The van der Waals surface area contributed by atoms with Gasteiger partial charge in [0.25, 0.3) is 0 Å². The van der Waals surface area contributed by atoms with E-state index < -0.39 is 17.8 Å². The first-order chi connectivity index (χ1) is 17.0. The molecule has 0 saturated carbocycles. The molecule has 0 radical (unpaired) electrons. The number of carbonyl (C=O) groups is 2. The Labute approximate surface area is 210 Å². The van der Waals surface area contributed by atoms with Gasteiger partial charge in [-0.3, -0.25) is 0 Å². The van der Waals surface area contributed by atoms with Crippen LogP contribution in [0.4, 0.5) is 9.59 Å². The van der Waals surface area contributed by atoms with Gasteiger partial charge >= 0.3 is 12.2 Å². The monoisotopic (exact) mass is 496 g/mol. The molecule has 2 heterocycles. The summed E-state index contributed by atoms with van der Waals surface area (Å²) in [6.07, 6.45) is 2.33.